The molecule has 1 heterocycles. The molecule has 0 bridgehead atoms. The van der Waals surface area contributed by atoms with Crippen molar-refractivity contribution < 1.29 is 4.74 Å². The lowest BCUT2D eigenvalue weighted by Gasteiger charge is -2.04. The molecule has 2 heteroatoms. The predicted molar refractivity (Wildman–Crippen MR) is 63.8 cm³/mol. The number of ether oxygens (including phenoxy) is 1. The summed E-state index contributed by atoms with van der Waals surface area (Å²) >= 11 is 0. The number of rotatable bonds is 3. The zero-order chi connectivity index (χ0) is 10.8. The van der Waals surface area contributed by atoms with Crippen molar-refractivity contribution in [3.8, 4) is 11.5 Å². The van der Waals surface area contributed by atoms with Gasteiger partial charge in [0.1, 0.15) is 8.07 Å². The van der Waals surface area contributed by atoms with Gasteiger partial charge in [0.15, 0.2) is 5.60 Å². The third-order valence-corrected chi connectivity index (χ3v) is 3.14. The zero-order valence-electron chi connectivity index (χ0n) is 9.68. The first-order valence-electron chi connectivity index (χ1n) is 5.20. The molecule has 0 spiro atoms. The van der Waals surface area contributed by atoms with Crippen LogP contribution in [0, 0.1) is 11.5 Å². The van der Waals surface area contributed by atoms with Gasteiger partial charge < -0.3 is 4.74 Å². The van der Waals surface area contributed by atoms with Gasteiger partial charge in [0.05, 0.1) is 6.10 Å². The Kier molecular flexibility index (Phi) is 3.23. The number of epoxide rings is 1. The molecule has 78 valence electrons. The van der Waals surface area contributed by atoms with Gasteiger partial charge >= 0.3 is 0 Å². The van der Waals surface area contributed by atoms with E-state index in [0.717, 1.165) is 12.8 Å². The molecular formula is C12H20OSi. The minimum absolute atomic E-state index is 0.150. The second-order valence-corrected chi connectivity index (χ2v) is 9.83. The van der Waals surface area contributed by atoms with Gasteiger partial charge in [-0.05, 0) is 19.8 Å². The molecule has 0 aliphatic carbocycles. The lowest BCUT2D eigenvalue weighted by Crippen LogP contribution is -2.18. The van der Waals surface area contributed by atoms with Crippen LogP contribution in [0.25, 0.3) is 0 Å². The van der Waals surface area contributed by atoms with Crippen LogP contribution in [0.15, 0.2) is 12.7 Å². The van der Waals surface area contributed by atoms with Crippen molar-refractivity contribution in [2.45, 2.75) is 51.1 Å². The summed E-state index contributed by atoms with van der Waals surface area (Å²) in [5, 5.41) is 0. The Balaban J connectivity index is 2.46. The van der Waals surface area contributed by atoms with Crippen molar-refractivity contribution in [3.05, 3.63) is 12.7 Å². The quantitative estimate of drug-likeness (QED) is 0.301. The number of allylic oxidation sites excluding steroid dienone is 1. The third kappa shape index (κ3) is 3.32. The fourth-order valence-electron chi connectivity index (χ4n) is 1.29. The van der Waals surface area contributed by atoms with Crippen molar-refractivity contribution in [1.29, 1.82) is 0 Å². The van der Waals surface area contributed by atoms with Crippen LogP contribution in [0.2, 0.25) is 19.6 Å². The standard InChI is InChI=1S/C12H20OSi/c1-6-7-8-11-12(2,13-11)9-10-14(3,4)5/h6,11H,1,7-8H2,2-5H3/t11-,12+/m1/s1. The molecule has 0 aromatic carbocycles. The van der Waals surface area contributed by atoms with Crippen LogP contribution >= 0.6 is 0 Å². The third-order valence-electron chi connectivity index (χ3n) is 2.26. The molecule has 0 amide bonds. The molecule has 1 rings (SSSR count). The van der Waals surface area contributed by atoms with E-state index in [1.165, 1.54) is 0 Å². The van der Waals surface area contributed by atoms with Gasteiger partial charge in [-0.1, -0.05) is 31.6 Å². The molecule has 1 nitrogen and oxygen atoms in total. The van der Waals surface area contributed by atoms with Crippen molar-refractivity contribution in [1.82, 2.24) is 0 Å². The highest BCUT2D eigenvalue weighted by Crippen LogP contribution is 2.38. The first-order chi connectivity index (χ1) is 6.37. The van der Waals surface area contributed by atoms with Gasteiger partial charge in [-0.2, -0.15) is 0 Å². The van der Waals surface area contributed by atoms with E-state index in [-0.39, 0.29) is 5.60 Å². The molecule has 0 aromatic heterocycles. The highest BCUT2D eigenvalue weighted by atomic mass is 28.3. The monoisotopic (exact) mass is 208 g/mol. The van der Waals surface area contributed by atoms with Crippen molar-refractivity contribution in [3.63, 3.8) is 0 Å². The van der Waals surface area contributed by atoms with E-state index in [4.69, 9.17) is 4.74 Å². The maximum atomic E-state index is 5.60. The Labute approximate surface area is 88.6 Å². The summed E-state index contributed by atoms with van der Waals surface area (Å²) in [4.78, 5) is 0. The molecule has 1 saturated heterocycles. The molecular weight excluding hydrogens is 188 g/mol. The Morgan fingerprint density at radius 1 is 1.50 bits per heavy atom. The maximum absolute atomic E-state index is 5.60. The van der Waals surface area contributed by atoms with Gasteiger partial charge in [-0.25, -0.2) is 0 Å². The molecule has 0 unspecified atom stereocenters. The molecule has 0 saturated carbocycles. The summed E-state index contributed by atoms with van der Waals surface area (Å²) in [6.07, 6.45) is 4.35. The van der Waals surface area contributed by atoms with Crippen LogP contribution < -0.4 is 0 Å². The molecule has 1 fully saturated rings. The molecule has 0 aromatic rings. The van der Waals surface area contributed by atoms with E-state index >= 15 is 0 Å². The van der Waals surface area contributed by atoms with Gasteiger partial charge in [-0.15, -0.1) is 12.1 Å². The number of hydrogen-bond donors (Lipinski definition) is 0. The van der Waals surface area contributed by atoms with E-state index in [2.05, 4.69) is 44.6 Å². The lowest BCUT2D eigenvalue weighted by atomic mass is 10.1. The van der Waals surface area contributed by atoms with Crippen molar-refractivity contribution >= 4 is 8.07 Å². The van der Waals surface area contributed by atoms with Crippen LogP contribution in [0.5, 0.6) is 0 Å². The average Bonchev–Trinajstić information content (AvgIpc) is 2.70. The van der Waals surface area contributed by atoms with E-state index in [1.807, 2.05) is 6.08 Å². The fraction of sp³-hybridized carbons (Fsp3) is 0.667. The molecule has 2 atom stereocenters. The summed E-state index contributed by atoms with van der Waals surface area (Å²) in [5.74, 6) is 3.29. The second kappa shape index (κ2) is 3.92. The van der Waals surface area contributed by atoms with Gasteiger partial charge in [0.25, 0.3) is 0 Å². The molecule has 1 aliphatic heterocycles. The van der Waals surface area contributed by atoms with Crippen LogP contribution in [-0.4, -0.2) is 19.8 Å². The van der Waals surface area contributed by atoms with Crippen LogP contribution in [0.1, 0.15) is 19.8 Å². The summed E-state index contributed by atoms with van der Waals surface area (Å²) in [5.41, 5.74) is 3.22. The highest BCUT2D eigenvalue weighted by Gasteiger charge is 2.50. The van der Waals surface area contributed by atoms with E-state index in [9.17, 15) is 0 Å². The second-order valence-electron chi connectivity index (χ2n) is 5.08. The Hall–Kier alpha value is -0.523. The van der Waals surface area contributed by atoms with Gasteiger partial charge in [-0.3, -0.25) is 0 Å². The van der Waals surface area contributed by atoms with Gasteiger partial charge in [0.2, 0.25) is 0 Å². The van der Waals surface area contributed by atoms with E-state index < -0.39 is 8.07 Å². The highest BCUT2D eigenvalue weighted by molar-refractivity contribution is 6.83. The van der Waals surface area contributed by atoms with Crippen LogP contribution in [-0.2, 0) is 4.74 Å². The van der Waals surface area contributed by atoms with E-state index in [1.54, 1.807) is 0 Å². The minimum atomic E-state index is -1.25. The smallest absolute Gasteiger partial charge is 0.151 e. The summed E-state index contributed by atoms with van der Waals surface area (Å²) in [7, 11) is -1.25. The predicted octanol–water partition coefficient (Wildman–Crippen LogP) is 2.99. The fourth-order valence-corrected chi connectivity index (χ4v) is 1.91. The maximum Gasteiger partial charge on any atom is 0.151 e. The minimum Gasteiger partial charge on any atom is -0.353 e. The molecule has 1 aliphatic rings. The molecule has 0 N–H and O–H groups in total. The van der Waals surface area contributed by atoms with Crippen LogP contribution in [0.3, 0.4) is 0 Å². The van der Waals surface area contributed by atoms with E-state index in [0.29, 0.717) is 6.10 Å². The molecule has 0 radical (unpaired) electrons. The van der Waals surface area contributed by atoms with Crippen LogP contribution in [0.4, 0.5) is 0 Å². The molecule has 14 heavy (non-hydrogen) atoms. The topological polar surface area (TPSA) is 12.5 Å². The first-order valence-corrected chi connectivity index (χ1v) is 8.70. The first kappa shape index (κ1) is 11.6. The average molecular weight is 208 g/mol. The Morgan fingerprint density at radius 3 is 2.64 bits per heavy atom. The summed E-state index contributed by atoms with van der Waals surface area (Å²) in [6.45, 7) is 12.6. The van der Waals surface area contributed by atoms with Gasteiger partial charge in [0, 0.05) is 0 Å². The zero-order valence-corrected chi connectivity index (χ0v) is 10.7. The SMILES string of the molecule is C=CCC[C@H]1O[C@@]1(C)C#C[Si](C)(C)C. The summed E-state index contributed by atoms with van der Waals surface area (Å²) < 4.78 is 5.60. The normalized spacial score (nSPS) is 30.4. The number of hydrogen-bond acceptors (Lipinski definition) is 1. The van der Waals surface area contributed by atoms with Crippen molar-refractivity contribution in [2.24, 2.45) is 0 Å². The lowest BCUT2D eigenvalue weighted by molar-refractivity contribution is 0.343. The summed E-state index contributed by atoms with van der Waals surface area (Å²) in [6, 6.07) is 0. The largest absolute Gasteiger partial charge is 0.353 e. The Bertz CT molecular complexity index is 279. The van der Waals surface area contributed by atoms with Crippen molar-refractivity contribution in [2.75, 3.05) is 0 Å². The Morgan fingerprint density at radius 2 is 2.14 bits per heavy atom.